The lowest BCUT2D eigenvalue weighted by molar-refractivity contribution is 0.301. The van der Waals surface area contributed by atoms with Gasteiger partial charge >= 0.3 is 0 Å². The van der Waals surface area contributed by atoms with Crippen molar-refractivity contribution in [2.75, 3.05) is 18.1 Å². The number of fused-ring (bicyclic) bond motifs is 1. The minimum absolute atomic E-state index is 0.0962. The molecule has 20 heavy (non-hydrogen) atoms. The highest BCUT2D eigenvalue weighted by Crippen LogP contribution is 2.15. The second kappa shape index (κ2) is 5.71. The van der Waals surface area contributed by atoms with E-state index >= 15 is 0 Å². The van der Waals surface area contributed by atoms with Gasteiger partial charge in [-0.1, -0.05) is 30.3 Å². The van der Waals surface area contributed by atoms with Crippen LogP contribution in [0, 0.1) is 0 Å². The van der Waals surface area contributed by atoms with Gasteiger partial charge in [-0.2, -0.15) is 5.10 Å². The summed E-state index contributed by atoms with van der Waals surface area (Å²) < 4.78 is 1.73. The Hall–Kier alpha value is -2.40. The molecule has 102 valence electrons. The fraction of sp³-hybridized carbons (Fsp3) is 0.200. The predicted octanol–water partition coefficient (Wildman–Crippen LogP) is 1.73. The average molecular weight is 268 g/mol. The van der Waals surface area contributed by atoms with Crippen molar-refractivity contribution in [3.05, 3.63) is 60.4 Å². The minimum atomic E-state index is 0.0962. The van der Waals surface area contributed by atoms with E-state index in [-0.39, 0.29) is 6.61 Å². The molecule has 0 saturated carbocycles. The van der Waals surface area contributed by atoms with Crippen LogP contribution in [-0.2, 0) is 6.54 Å². The number of benzene rings is 1. The number of aliphatic hydroxyl groups excluding tert-OH is 1. The van der Waals surface area contributed by atoms with Crippen LogP contribution < -0.4 is 4.90 Å². The zero-order valence-corrected chi connectivity index (χ0v) is 11.1. The third-order valence-electron chi connectivity index (χ3n) is 3.15. The lowest BCUT2D eigenvalue weighted by atomic mass is 10.2. The maximum absolute atomic E-state index is 9.26. The second-order valence-electron chi connectivity index (χ2n) is 4.55. The van der Waals surface area contributed by atoms with E-state index in [4.69, 9.17) is 0 Å². The minimum Gasteiger partial charge on any atom is -0.395 e. The van der Waals surface area contributed by atoms with E-state index in [1.165, 1.54) is 5.56 Å². The van der Waals surface area contributed by atoms with Crippen molar-refractivity contribution in [1.82, 2.24) is 14.6 Å². The molecule has 1 N–H and O–H groups in total. The smallest absolute Gasteiger partial charge is 0.157 e. The van der Waals surface area contributed by atoms with E-state index in [9.17, 15) is 5.11 Å². The molecule has 0 unspecified atom stereocenters. The fourth-order valence-electron chi connectivity index (χ4n) is 2.18. The zero-order chi connectivity index (χ0) is 13.8. The molecule has 0 spiro atoms. The number of hydrogen-bond acceptors (Lipinski definition) is 4. The normalized spacial score (nSPS) is 10.8. The van der Waals surface area contributed by atoms with E-state index in [1.54, 1.807) is 10.7 Å². The Balaban J connectivity index is 1.89. The van der Waals surface area contributed by atoms with Crippen LogP contribution in [0.2, 0.25) is 0 Å². The second-order valence-corrected chi connectivity index (χ2v) is 4.55. The van der Waals surface area contributed by atoms with E-state index in [2.05, 4.69) is 27.1 Å². The highest BCUT2D eigenvalue weighted by atomic mass is 16.3. The van der Waals surface area contributed by atoms with Crippen molar-refractivity contribution in [3.8, 4) is 0 Å². The zero-order valence-electron chi connectivity index (χ0n) is 11.1. The van der Waals surface area contributed by atoms with E-state index < -0.39 is 0 Å². The van der Waals surface area contributed by atoms with E-state index in [0.29, 0.717) is 6.54 Å². The molecular weight excluding hydrogens is 252 g/mol. The molecule has 0 atom stereocenters. The van der Waals surface area contributed by atoms with Crippen molar-refractivity contribution in [2.45, 2.75) is 6.54 Å². The average Bonchev–Trinajstić information content (AvgIpc) is 2.95. The Morgan fingerprint density at radius 1 is 1.10 bits per heavy atom. The number of anilines is 1. The molecule has 0 amide bonds. The van der Waals surface area contributed by atoms with Crippen molar-refractivity contribution >= 4 is 11.5 Å². The summed E-state index contributed by atoms with van der Waals surface area (Å²) in [5, 5.41) is 13.4. The van der Waals surface area contributed by atoms with Crippen LogP contribution in [0.4, 0.5) is 5.82 Å². The largest absolute Gasteiger partial charge is 0.395 e. The standard InChI is InChI=1S/C15H16N4O/c20-11-10-18(12-13-4-2-1-3-5-13)14-7-9-19-15(17-14)6-8-16-19/h1-9,20H,10-12H2. The van der Waals surface area contributed by atoms with Gasteiger partial charge in [0.15, 0.2) is 5.65 Å². The SMILES string of the molecule is OCCN(Cc1ccccc1)c1ccn2nccc2n1. The summed E-state index contributed by atoms with van der Waals surface area (Å²) in [6, 6.07) is 13.9. The van der Waals surface area contributed by atoms with Crippen molar-refractivity contribution in [1.29, 1.82) is 0 Å². The van der Waals surface area contributed by atoms with Gasteiger partial charge in [-0.15, -0.1) is 0 Å². The number of aromatic nitrogens is 3. The third kappa shape index (κ3) is 2.62. The summed E-state index contributed by atoms with van der Waals surface area (Å²) in [5.74, 6) is 0.843. The quantitative estimate of drug-likeness (QED) is 0.765. The molecule has 0 fully saturated rings. The molecule has 5 heteroatoms. The van der Waals surface area contributed by atoms with Crippen LogP contribution in [0.5, 0.6) is 0 Å². The molecule has 0 bridgehead atoms. The van der Waals surface area contributed by atoms with Crippen LogP contribution in [0.3, 0.4) is 0 Å². The predicted molar refractivity (Wildman–Crippen MR) is 77.6 cm³/mol. The summed E-state index contributed by atoms with van der Waals surface area (Å²) in [6.07, 6.45) is 3.60. The molecule has 0 aliphatic heterocycles. The Kier molecular flexibility index (Phi) is 3.60. The summed E-state index contributed by atoms with van der Waals surface area (Å²) >= 11 is 0. The first-order valence-corrected chi connectivity index (χ1v) is 6.57. The maximum atomic E-state index is 9.26. The molecule has 3 rings (SSSR count). The summed E-state index contributed by atoms with van der Waals surface area (Å²) in [7, 11) is 0. The number of rotatable bonds is 5. The van der Waals surface area contributed by atoms with Crippen LogP contribution in [0.1, 0.15) is 5.56 Å². The molecule has 1 aromatic carbocycles. The first-order chi connectivity index (χ1) is 9.86. The van der Waals surface area contributed by atoms with Gasteiger partial charge in [-0.3, -0.25) is 0 Å². The molecular formula is C15H16N4O. The van der Waals surface area contributed by atoms with Crippen molar-refractivity contribution in [3.63, 3.8) is 0 Å². The highest BCUT2D eigenvalue weighted by molar-refractivity contribution is 5.47. The number of hydrogen-bond donors (Lipinski definition) is 1. The number of aliphatic hydroxyl groups is 1. The van der Waals surface area contributed by atoms with Crippen LogP contribution in [-0.4, -0.2) is 32.9 Å². The molecule has 2 aromatic heterocycles. The summed E-state index contributed by atoms with van der Waals surface area (Å²) in [5.41, 5.74) is 2.00. The Morgan fingerprint density at radius 2 is 1.95 bits per heavy atom. The fourth-order valence-corrected chi connectivity index (χ4v) is 2.18. The topological polar surface area (TPSA) is 53.7 Å². The van der Waals surface area contributed by atoms with Crippen LogP contribution in [0.25, 0.3) is 5.65 Å². The van der Waals surface area contributed by atoms with Crippen molar-refractivity contribution < 1.29 is 5.11 Å². The van der Waals surface area contributed by atoms with Gasteiger partial charge in [0.1, 0.15) is 5.82 Å². The van der Waals surface area contributed by atoms with Gasteiger partial charge in [0, 0.05) is 25.4 Å². The first-order valence-electron chi connectivity index (χ1n) is 6.57. The van der Waals surface area contributed by atoms with E-state index in [1.807, 2.05) is 36.5 Å². The monoisotopic (exact) mass is 268 g/mol. The van der Waals surface area contributed by atoms with Gasteiger partial charge in [0.25, 0.3) is 0 Å². The van der Waals surface area contributed by atoms with Gasteiger partial charge in [-0.05, 0) is 11.6 Å². The summed E-state index contributed by atoms with van der Waals surface area (Å²) in [4.78, 5) is 6.62. The Morgan fingerprint density at radius 3 is 2.75 bits per heavy atom. The van der Waals surface area contributed by atoms with Crippen LogP contribution in [0.15, 0.2) is 54.9 Å². The highest BCUT2D eigenvalue weighted by Gasteiger charge is 2.09. The molecule has 5 nitrogen and oxygen atoms in total. The Bertz CT molecular complexity index is 680. The Labute approximate surface area is 117 Å². The van der Waals surface area contributed by atoms with Gasteiger partial charge in [-0.25, -0.2) is 9.50 Å². The lowest BCUT2D eigenvalue weighted by Crippen LogP contribution is -2.27. The van der Waals surface area contributed by atoms with E-state index in [0.717, 1.165) is 18.0 Å². The van der Waals surface area contributed by atoms with Gasteiger partial charge < -0.3 is 10.0 Å². The molecule has 0 saturated heterocycles. The van der Waals surface area contributed by atoms with Gasteiger partial charge in [0.2, 0.25) is 0 Å². The molecule has 2 heterocycles. The molecule has 0 aliphatic carbocycles. The third-order valence-corrected chi connectivity index (χ3v) is 3.15. The summed E-state index contributed by atoms with van der Waals surface area (Å²) in [6.45, 7) is 1.36. The lowest BCUT2D eigenvalue weighted by Gasteiger charge is -2.22. The molecule has 0 aliphatic rings. The molecule has 0 radical (unpaired) electrons. The van der Waals surface area contributed by atoms with Crippen molar-refractivity contribution in [2.24, 2.45) is 0 Å². The van der Waals surface area contributed by atoms with Crippen LogP contribution >= 0.6 is 0 Å². The number of nitrogens with zero attached hydrogens (tertiary/aromatic N) is 4. The molecule has 3 aromatic rings. The first kappa shape index (κ1) is 12.6. The maximum Gasteiger partial charge on any atom is 0.157 e. The van der Waals surface area contributed by atoms with Gasteiger partial charge in [0.05, 0.1) is 12.8 Å².